The Bertz CT molecular complexity index is 563. The van der Waals surface area contributed by atoms with Crippen molar-refractivity contribution in [3.63, 3.8) is 0 Å². The van der Waals surface area contributed by atoms with Crippen LogP contribution in [0.1, 0.15) is 46.0 Å². The molecule has 0 radical (unpaired) electrons. The van der Waals surface area contributed by atoms with Crippen LogP contribution in [0.25, 0.3) is 0 Å². The van der Waals surface area contributed by atoms with Gasteiger partial charge in [-0.15, -0.1) is 0 Å². The van der Waals surface area contributed by atoms with Crippen LogP contribution >= 0.6 is 11.8 Å². The second kappa shape index (κ2) is 15.9. The fourth-order valence-electron chi connectivity index (χ4n) is 2.73. The fraction of sp³-hybridized carbons (Fsp3) is 0.789. The summed E-state index contributed by atoms with van der Waals surface area (Å²) in [7, 11) is 0. The van der Waals surface area contributed by atoms with Gasteiger partial charge in [0.2, 0.25) is 17.7 Å². The second-order valence-electron chi connectivity index (χ2n) is 7.16. The number of hydrogen-bond donors (Lipinski definition) is 6. The molecule has 0 bridgehead atoms. The number of carboxylic acids is 1. The van der Waals surface area contributed by atoms with Gasteiger partial charge in [-0.3, -0.25) is 14.4 Å². The van der Waals surface area contributed by atoms with Crippen molar-refractivity contribution in [1.82, 2.24) is 16.0 Å². The predicted molar refractivity (Wildman–Crippen MR) is 118 cm³/mol. The van der Waals surface area contributed by atoms with Crippen LogP contribution < -0.4 is 27.4 Å². The average molecular weight is 448 g/mol. The van der Waals surface area contributed by atoms with Crippen LogP contribution in [0, 0.1) is 5.92 Å². The van der Waals surface area contributed by atoms with Crippen molar-refractivity contribution >= 4 is 35.5 Å². The smallest absolute Gasteiger partial charge is 0.326 e. The summed E-state index contributed by atoms with van der Waals surface area (Å²) in [5, 5.41) is 17.2. The SMILES string of the molecule is CCC(C)C(NC(=O)C(CCSC)NC(=O)CN)C(=O)NC(CCCCN)C(=O)O. The van der Waals surface area contributed by atoms with Crippen molar-refractivity contribution in [3.8, 4) is 0 Å². The Morgan fingerprint density at radius 3 is 2.13 bits per heavy atom. The molecule has 0 saturated heterocycles. The zero-order valence-electron chi connectivity index (χ0n) is 18.1. The summed E-state index contributed by atoms with van der Waals surface area (Å²) in [4.78, 5) is 48.8. The molecule has 11 heteroatoms. The van der Waals surface area contributed by atoms with E-state index >= 15 is 0 Å². The molecule has 174 valence electrons. The number of nitrogens with one attached hydrogen (secondary N) is 3. The van der Waals surface area contributed by atoms with E-state index in [4.69, 9.17) is 11.5 Å². The van der Waals surface area contributed by atoms with E-state index in [-0.39, 0.29) is 18.9 Å². The van der Waals surface area contributed by atoms with Crippen molar-refractivity contribution in [2.45, 2.75) is 64.1 Å². The van der Waals surface area contributed by atoms with E-state index in [1.54, 1.807) is 6.92 Å². The second-order valence-corrected chi connectivity index (χ2v) is 8.15. The van der Waals surface area contributed by atoms with Crippen molar-refractivity contribution in [2.24, 2.45) is 17.4 Å². The van der Waals surface area contributed by atoms with E-state index in [1.165, 1.54) is 11.8 Å². The minimum atomic E-state index is -1.14. The largest absolute Gasteiger partial charge is 0.480 e. The lowest BCUT2D eigenvalue weighted by Gasteiger charge is -2.27. The van der Waals surface area contributed by atoms with Gasteiger partial charge >= 0.3 is 5.97 Å². The summed E-state index contributed by atoms with van der Waals surface area (Å²) in [6.07, 6.45) is 4.33. The van der Waals surface area contributed by atoms with Gasteiger partial charge in [0.15, 0.2) is 0 Å². The summed E-state index contributed by atoms with van der Waals surface area (Å²) in [5.74, 6) is -2.27. The lowest BCUT2D eigenvalue weighted by molar-refractivity contribution is -0.143. The Morgan fingerprint density at radius 1 is 0.967 bits per heavy atom. The number of thioether (sulfide) groups is 1. The fourth-order valence-corrected chi connectivity index (χ4v) is 3.20. The minimum Gasteiger partial charge on any atom is -0.480 e. The summed E-state index contributed by atoms with van der Waals surface area (Å²) >= 11 is 1.52. The molecule has 30 heavy (non-hydrogen) atoms. The van der Waals surface area contributed by atoms with Crippen LogP contribution in [-0.2, 0) is 19.2 Å². The van der Waals surface area contributed by atoms with Crippen molar-refractivity contribution in [2.75, 3.05) is 25.1 Å². The summed E-state index contributed by atoms with van der Waals surface area (Å²) in [6, 6.07) is -2.81. The monoisotopic (exact) mass is 447 g/mol. The Hall–Kier alpha value is -1.85. The number of unbranched alkanes of at least 4 members (excludes halogenated alkanes) is 1. The van der Waals surface area contributed by atoms with Crippen LogP contribution in [0.15, 0.2) is 0 Å². The first kappa shape index (κ1) is 28.1. The molecule has 0 fully saturated rings. The minimum absolute atomic E-state index is 0.237. The zero-order valence-corrected chi connectivity index (χ0v) is 18.9. The molecule has 3 amide bonds. The number of hydrogen-bond acceptors (Lipinski definition) is 7. The number of carboxylic acid groups (broad SMARTS) is 1. The van der Waals surface area contributed by atoms with E-state index in [9.17, 15) is 24.3 Å². The van der Waals surface area contributed by atoms with E-state index in [0.717, 1.165) is 0 Å². The Balaban J connectivity index is 5.30. The normalized spacial score (nSPS) is 14.8. The molecule has 0 aromatic rings. The molecular weight excluding hydrogens is 410 g/mol. The van der Waals surface area contributed by atoms with Crippen molar-refractivity contribution < 1.29 is 24.3 Å². The number of carbonyl (C=O) groups excluding carboxylic acids is 3. The van der Waals surface area contributed by atoms with Gasteiger partial charge < -0.3 is 32.5 Å². The van der Waals surface area contributed by atoms with Crippen LogP contribution in [0.4, 0.5) is 0 Å². The molecule has 0 spiro atoms. The number of aliphatic carboxylic acids is 1. The Morgan fingerprint density at radius 2 is 1.63 bits per heavy atom. The number of nitrogens with two attached hydrogens (primary N) is 2. The summed E-state index contributed by atoms with van der Waals surface area (Å²) in [5.41, 5.74) is 10.8. The number of amides is 3. The van der Waals surface area contributed by atoms with E-state index in [2.05, 4.69) is 16.0 Å². The first-order valence-corrected chi connectivity index (χ1v) is 11.6. The maximum atomic E-state index is 12.8. The lowest BCUT2D eigenvalue weighted by atomic mass is 9.97. The highest BCUT2D eigenvalue weighted by Crippen LogP contribution is 2.11. The zero-order chi connectivity index (χ0) is 23.1. The number of carbonyl (C=O) groups is 4. The third kappa shape index (κ3) is 10.8. The molecular formula is C19H37N5O5S. The molecule has 0 aliphatic rings. The summed E-state index contributed by atoms with van der Waals surface area (Å²) in [6.45, 7) is 3.86. The highest BCUT2D eigenvalue weighted by molar-refractivity contribution is 7.98. The maximum absolute atomic E-state index is 12.8. The topological polar surface area (TPSA) is 177 Å². The van der Waals surface area contributed by atoms with Gasteiger partial charge in [-0.25, -0.2) is 4.79 Å². The molecule has 0 heterocycles. The van der Waals surface area contributed by atoms with Crippen molar-refractivity contribution in [1.29, 1.82) is 0 Å². The molecule has 4 atom stereocenters. The molecule has 10 nitrogen and oxygen atoms in total. The van der Waals surface area contributed by atoms with E-state index in [0.29, 0.717) is 38.0 Å². The summed E-state index contributed by atoms with van der Waals surface area (Å²) < 4.78 is 0. The molecule has 0 aromatic carbocycles. The molecule has 8 N–H and O–H groups in total. The first-order chi connectivity index (χ1) is 14.2. The van der Waals surface area contributed by atoms with E-state index < -0.39 is 41.8 Å². The van der Waals surface area contributed by atoms with Gasteiger partial charge in [-0.2, -0.15) is 11.8 Å². The maximum Gasteiger partial charge on any atom is 0.326 e. The highest BCUT2D eigenvalue weighted by Gasteiger charge is 2.31. The van der Waals surface area contributed by atoms with Crippen LogP contribution in [-0.4, -0.2) is 72.0 Å². The molecule has 0 aliphatic heterocycles. The van der Waals surface area contributed by atoms with Gasteiger partial charge in [0, 0.05) is 0 Å². The quantitative estimate of drug-likeness (QED) is 0.170. The van der Waals surface area contributed by atoms with Crippen LogP contribution in [0.5, 0.6) is 0 Å². The first-order valence-electron chi connectivity index (χ1n) is 10.2. The molecule has 0 rings (SSSR count). The average Bonchev–Trinajstić information content (AvgIpc) is 2.72. The lowest BCUT2D eigenvalue weighted by Crippen LogP contribution is -2.58. The Labute approximate surface area is 182 Å². The predicted octanol–water partition coefficient (Wildman–Crippen LogP) is -0.588. The standard InChI is InChI=1S/C19H37N5O5S/c1-4-12(2)16(18(27)23-14(19(28)29)7-5-6-9-20)24-17(26)13(8-10-30-3)22-15(25)11-21/h12-14,16H,4-11,20-21H2,1-3H3,(H,22,25)(H,23,27)(H,24,26)(H,28,29). The van der Waals surface area contributed by atoms with Gasteiger partial charge in [0.05, 0.1) is 6.54 Å². The van der Waals surface area contributed by atoms with Gasteiger partial charge in [-0.1, -0.05) is 20.3 Å². The van der Waals surface area contributed by atoms with Gasteiger partial charge in [0.25, 0.3) is 0 Å². The van der Waals surface area contributed by atoms with Crippen LogP contribution in [0.2, 0.25) is 0 Å². The third-order valence-corrected chi connectivity index (χ3v) is 5.45. The molecule has 0 saturated carbocycles. The molecule has 0 aliphatic carbocycles. The number of rotatable bonds is 16. The van der Waals surface area contributed by atoms with Crippen LogP contribution in [0.3, 0.4) is 0 Å². The Kier molecular flexibility index (Phi) is 14.9. The highest BCUT2D eigenvalue weighted by atomic mass is 32.2. The van der Waals surface area contributed by atoms with E-state index in [1.807, 2.05) is 13.2 Å². The third-order valence-electron chi connectivity index (χ3n) is 4.80. The van der Waals surface area contributed by atoms with Gasteiger partial charge in [0.1, 0.15) is 18.1 Å². The van der Waals surface area contributed by atoms with Gasteiger partial charge in [-0.05, 0) is 50.2 Å². The van der Waals surface area contributed by atoms with Crippen molar-refractivity contribution in [3.05, 3.63) is 0 Å². The molecule has 0 aromatic heterocycles. The molecule has 4 unspecified atom stereocenters.